The summed E-state index contributed by atoms with van der Waals surface area (Å²) in [6.07, 6.45) is 5.49. The van der Waals surface area contributed by atoms with E-state index in [1.54, 1.807) is 19.5 Å². The van der Waals surface area contributed by atoms with E-state index < -0.39 is 0 Å². The van der Waals surface area contributed by atoms with Gasteiger partial charge in [0.1, 0.15) is 6.61 Å². The highest BCUT2D eigenvalue weighted by Crippen LogP contribution is 2.41. The number of amides is 1. The van der Waals surface area contributed by atoms with Gasteiger partial charge in [-0.3, -0.25) is 14.7 Å². The van der Waals surface area contributed by atoms with Gasteiger partial charge in [0.15, 0.2) is 0 Å². The van der Waals surface area contributed by atoms with Gasteiger partial charge in [-0.1, -0.05) is 24.0 Å². The lowest BCUT2D eigenvalue weighted by Crippen LogP contribution is -2.68. The van der Waals surface area contributed by atoms with Crippen LogP contribution in [0.25, 0.3) is 0 Å². The topological polar surface area (TPSA) is 65.9 Å². The van der Waals surface area contributed by atoms with E-state index in [0.717, 1.165) is 37.1 Å². The van der Waals surface area contributed by atoms with Crippen LogP contribution in [0.3, 0.4) is 0 Å². The Balaban J connectivity index is 1.51. The Kier molecular flexibility index (Phi) is 6.98. The third kappa shape index (κ3) is 4.80. The molecule has 0 bridgehead atoms. The van der Waals surface area contributed by atoms with Crippen molar-refractivity contribution in [1.82, 2.24) is 14.8 Å². The molecule has 1 aromatic heterocycles. The lowest BCUT2D eigenvalue weighted by atomic mass is 9.74. The molecule has 2 fully saturated rings. The molecule has 4 rings (SSSR count). The van der Waals surface area contributed by atoms with Gasteiger partial charge in [0.05, 0.1) is 6.61 Å². The van der Waals surface area contributed by atoms with Crippen molar-refractivity contribution in [3.05, 3.63) is 65.5 Å². The highest BCUT2D eigenvalue weighted by molar-refractivity contribution is 5.77. The van der Waals surface area contributed by atoms with Gasteiger partial charge in [-0.15, -0.1) is 0 Å². The first kappa shape index (κ1) is 21.5. The smallest absolute Gasteiger partial charge is 0.248 e. The Morgan fingerprint density at radius 1 is 1.16 bits per heavy atom. The molecule has 0 aliphatic carbocycles. The Morgan fingerprint density at radius 3 is 2.65 bits per heavy atom. The van der Waals surface area contributed by atoms with E-state index in [-0.39, 0.29) is 37.1 Å². The molecular formula is C25H29N3O3. The molecule has 2 aliphatic heterocycles. The number of aromatic nitrogens is 1. The summed E-state index contributed by atoms with van der Waals surface area (Å²) in [5.74, 6) is 6.55. The summed E-state index contributed by atoms with van der Waals surface area (Å²) in [6.45, 7) is 2.64. The van der Waals surface area contributed by atoms with Crippen LogP contribution in [0.1, 0.15) is 35.4 Å². The Morgan fingerprint density at radius 2 is 1.94 bits per heavy atom. The van der Waals surface area contributed by atoms with E-state index >= 15 is 0 Å². The average molecular weight is 420 g/mol. The monoisotopic (exact) mass is 419 g/mol. The summed E-state index contributed by atoms with van der Waals surface area (Å²) in [4.78, 5) is 20.9. The fourth-order valence-electron chi connectivity index (χ4n) is 4.75. The molecule has 2 aliphatic rings. The van der Waals surface area contributed by atoms with Crippen LogP contribution in [0.15, 0.2) is 48.8 Å². The van der Waals surface area contributed by atoms with E-state index in [4.69, 9.17) is 4.74 Å². The van der Waals surface area contributed by atoms with E-state index in [9.17, 15) is 9.90 Å². The van der Waals surface area contributed by atoms with Crippen LogP contribution in [0, 0.1) is 11.8 Å². The van der Waals surface area contributed by atoms with Crippen molar-refractivity contribution >= 4 is 5.91 Å². The lowest BCUT2D eigenvalue weighted by molar-refractivity contribution is -0.140. The van der Waals surface area contributed by atoms with Crippen LogP contribution in [0.4, 0.5) is 0 Å². The summed E-state index contributed by atoms with van der Waals surface area (Å²) >= 11 is 0. The average Bonchev–Trinajstić information content (AvgIpc) is 2.78. The number of rotatable bonds is 4. The van der Waals surface area contributed by atoms with Crippen LogP contribution < -0.4 is 0 Å². The van der Waals surface area contributed by atoms with Gasteiger partial charge in [-0.05, 0) is 49.2 Å². The molecule has 6 heteroatoms. The number of pyridine rings is 1. The number of methoxy groups -OCH3 is 1. The second-order valence-corrected chi connectivity index (χ2v) is 8.17. The van der Waals surface area contributed by atoms with Gasteiger partial charge in [0, 0.05) is 61.7 Å². The number of carbonyl (C=O) groups is 1. The first-order valence-corrected chi connectivity index (χ1v) is 10.9. The summed E-state index contributed by atoms with van der Waals surface area (Å²) in [7, 11) is 1.56. The third-order valence-electron chi connectivity index (χ3n) is 6.30. The maximum Gasteiger partial charge on any atom is 0.248 e. The molecule has 1 amide bonds. The summed E-state index contributed by atoms with van der Waals surface area (Å²) < 4.78 is 5.07. The highest BCUT2D eigenvalue weighted by atomic mass is 16.5. The molecule has 31 heavy (non-hydrogen) atoms. The van der Waals surface area contributed by atoms with E-state index in [1.807, 2.05) is 29.2 Å². The number of fused-ring (bicyclic) bond motifs is 1. The van der Waals surface area contributed by atoms with Gasteiger partial charge in [-0.25, -0.2) is 0 Å². The minimum absolute atomic E-state index is 0.0385. The second-order valence-electron chi connectivity index (χ2n) is 8.17. The van der Waals surface area contributed by atoms with Crippen molar-refractivity contribution in [2.24, 2.45) is 0 Å². The van der Waals surface area contributed by atoms with Crippen LogP contribution in [0.5, 0.6) is 0 Å². The first-order valence-electron chi connectivity index (χ1n) is 10.9. The van der Waals surface area contributed by atoms with Crippen molar-refractivity contribution in [2.75, 3.05) is 40.0 Å². The number of aliphatic hydroxyl groups excluding tert-OH is 1. The van der Waals surface area contributed by atoms with E-state index in [2.05, 4.69) is 33.9 Å². The molecule has 6 nitrogen and oxygen atoms in total. The fraction of sp³-hybridized carbons (Fsp3) is 0.440. The maximum atomic E-state index is 12.5. The van der Waals surface area contributed by atoms with Crippen molar-refractivity contribution in [3.8, 4) is 11.8 Å². The van der Waals surface area contributed by atoms with Gasteiger partial charge >= 0.3 is 0 Å². The molecule has 3 atom stereocenters. The minimum atomic E-state index is 0.0385. The van der Waals surface area contributed by atoms with Crippen LogP contribution in [-0.4, -0.2) is 77.8 Å². The molecule has 162 valence electrons. The molecule has 0 unspecified atom stereocenters. The van der Waals surface area contributed by atoms with E-state index in [1.165, 1.54) is 5.56 Å². The third-order valence-corrected chi connectivity index (χ3v) is 6.30. The quantitative estimate of drug-likeness (QED) is 0.767. The second kappa shape index (κ2) is 10.1. The molecule has 0 spiro atoms. The molecule has 2 aromatic rings. The molecule has 2 saturated heterocycles. The number of ether oxygens (including phenoxy) is 1. The van der Waals surface area contributed by atoms with Crippen molar-refractivity contribution < 1.29 is 14.6 Å². The summed E-state index contributed by atoms with van der Waals surface area (Å²) in [5.41, 5.74) is 3.02. The van der Waals surface area contributed by atoms with Gasteiger partial charge in [-0.2, -0.15) is 0 Å². The Labute approximate surface area is 183 Å². The largest absolute Gasteiger partial charge is 0.395 e. The van der Waals surface area contributed by atoms with Crippen LogP contribution >= 0.6 is 0 Å². The summed E-state index contributed by atoms with van der Waals surface area (Å²) in [6, 6.07) is 12.4. The van der Waals surface area contributed by atoms with Crippen molar-refractivity contribution in [1.29, 1.82) is 0 Å². The predicted octanol–water partition coefficient (Wildman–Crippen LogP) is 1.88. The highest BCUT2D eigenvalue weighted by Gasteiger charge is 2.49. The first-order chi connectivity index (χ1) is 15.2. The van der Waals surface area contributed by atoms with Gasteiger partial charge < -0.3 is 14.7 Å². The number of benzene rings is 1. The van der Waals surface area contributed by atoms with Crippen molar-refractivity contribution in [3.63, 3.8) is 0 Å². The SMILES string of the molecule is COCC(=O)N1CCCCN2[C@H](C1)[C@H](c1ccc(C#Cc3cccnc3)cc1)[C@@H]2CO. The summed E-state index contributed by atoms with van der Waals surface area (Å²) in [5, 5.41) is 10.1. The van der Waals surface area contributed by atoms with Gasteiger partial charge in [0.2, 0.25) is 5.91 Å². The zero-order valence-corrected chi connectivity index (χ0v) is 17.9. The number of nitrogens with zero attached hydrogens (tertiary/aromatic N) is 3. The maximum absolute atomic E-state index is 12.5. The number of carbonyl (C=O) groups excluding carboxylic acids is 1. The van der Waals surface area contributed by atoms with E-state index in [0.29, 0.717) is 6.54 Å². The molecule has 0 saturated carbocycles. The normalized spacial score (nSPS) is 23.5. The number of aliphatic hydroxyl groups is 1. The number of hydrogen-bond donors (Lipinski definition) is 1. The van der Waals surface area contributed by atoms with Crippen molar-refractivity contribution in [2.45, 2.75) is 30.8 Å². The van der Waals surface area contributed by atoms with Gasteiger partial charge in [0.25, 0.3) is 0 Å². The number of hydrogen-bond acceptors (Lipinski definition) is 5. The lowest BCUT2D eigenvalue weighted by Gasteiger charge is -2.57. The standard InChI is InChI=1S/C25H29N3O3/c1-31-18-24(30)27-13-2-3-14-28-22(16-27)25(23(28)17-29)21-10-8-19(9-11-21)6-7-20-5-4-12-26-15-20/h4-5,8-12,15,22-23,25,29H,2-3,13-14,16-18H2,1H3/t22-,23+,25+/m1/s1. The molecule has 1 aromatic carbocycles. The molecule has 3 heterocycles. The van der Waals surface area contributed by atoms with Crippen LogP contribution in [-0.2, 0) is 9.53 Å². The Hall–Kier alpha value is -2.72. The minimum Gasteiger partial charge on any atom is -0.395 e. The zero-order valence-electron chi connectivity index (χ0n) is 17.9. The Bertz CT molecular complexity index is 936. The zero-order chi connectivity index (χ0) is 21.6. The molecule has 0 radical (unpaired) electrons. The molecule has 1 N–H and O–H groups in total. The van der Waals surface area contributed by atoms with Crippen LogP contribution in [0.2, 0.25) is 0 Å². The fourth-order valence-corrected chi connectivity index (χ4v) is 4.75. The molecular weight excluding hydrogens is 390 g/mol. The predicted molar refractivity (Wildman–Crippen MR) is 118 cm³/mol.